The lowest BCUT2D eigenvalue weighted by atomic mass is 10.1. The first-order valence-corrected chi connectivity index (χ1v) is 6.43. The third-order valence-corrected chi connectivity index (χ3v) is 3.77. The normalized spacial score (nSPS) is 17.2. The van der Waals surface area contributed by atoms with Gasteiger partial charge in [0.05, 0.1) is 11.7 Å². The fraction of sp³-hybridized carbons (Fsp3) is 0.769. The third-order valence-electron chi connectivity index (χ3n) is 3.77. The number of nitrogens with zero attached hydrogens (tertiary/aromatic N) is 2. The van der Waals surface area contributed by atoms with Crippen molar-refractivity contribution in [3.63, 3.8) is 0 Å². The van der Waals surface area contributed by atoms with Crippen LogP contribution in [-0.2, 0) is 6.42 Å². The predicted molar refractivity (Wildman–Crippen MR) is 66.8 cm³/mol. The quantitative estimate of drug-likeness (QED) is 0.846. The van der Waals surface area contributed by atoms with Gasteiger partial charge >= 0.3 is 0 Å². The van der Waals surface area contributed by atoms with Crippen molar-refractivity contribution < 1.29 is 0 Å². The maximum absolute atomic E-state index is 4.73. The molecule has 1 aliphatic carbocycles. The Hall–Kier alpha value is -0.830. The summed E-state index contributed by atoms with van der Waals surface area (Å²) in [4.78, 5) is 0. The minimum absolute atomic E-state index is 0.669. The van der Waals surface area contributed by atoms with Crippen LogP contribution < -0.4 is 5.32 Å². The predicted octanol–water partition coefficient (Wildman–Crippen LogP) is 2.38. The van der Waals surface area contributed by atoms with Crippen LogP contribution in [0.2, 0.25) is 0 Å². The van der Waals surface area contributed by atoms with E-state index >= 15 is 0 Å². The van der Waals surface area contributed by atoms with Crippen molar-refractivity contribution in [2.24, 2.45) is 0 Å². The second kappa shape index (κ2) is 5.00. The summed E-state index contributed by atoms with van der Waals surface area (Å²) in [6, 6.07) is 0.669. The van der Waals surface area contributed by atoms with Gasteiger partial charge in [-0.15, -0.1) is 0 Å². The van der Waals surface area contributed by atoms with Crippen LogP contribution >= 0.6 is 0 Å². The van der Waals surface area contributed by atoms with Gasteiger partial charge in [0.2, 0.25) is 0 Å². The molecule has 1 N–H and O–H groups in total. The molecule has 3 nitrogen and oxygen atoms in total. The molecule has 0 radical (unpaired) electrons. The molecule has 90 valence electrons. The molecule has 2 rings (SSSR count). The van der Waals surface area contributed by atoms with Crippen LogP contribution in [0, 0.1) is 13.8 Å². The van der Waals surface area contributed by atoms with E-state index in [1.165, 1.54) is 42.6 Å². The Bertz CT molecular complexity index is 348. The highest BCUT2D eigenvalue weighted by molar-refractivity contribution is 5.25. The van der Waals surface area contributed by atoms with Crippen molar-refractivity contribution in [2.75, 3.05) is 13.6 Å². The first-order chi connectivity index (χ1) is 7.74. The van der Waals surface area contributed by atoms with Crippen LogP contribution in [-0.4, -0.2) is 23.4 Å². The van der Waals surface area contributed by atoms with Crippen molar-refractivity contribution in [1.29, 1.82) is 0 Å². The molecular formula is C13H23N3. The zero-order valence-corrected chi connectivity index (χ0v) is 10.7. The first kappa shape index (κ1) is 11.6. The molecule has 1 heterocycles. The van der Waals surface area contributed by atoms with Gasteiger partial charge in [-0.05, 0) is 52.3 Å². The molecular weight excluding hydrogens is 198 g/mol. The molecule has 1 fully saturated rings. The summed E-state index contributed by atoms with van der Waals surface area (Å²) in [6.07, 6.45) is 6.46. The van der Waals surface area contributed by atoms with Crippen LogP contribution in [0.5, 0.6) is 0 Å². The molecule has 0 amide bonds. The number of nitrogens with one attached hydrogen (secondary N) is 1. The molecule has 1 saturated carbocycles. The monoisotopic (exact) mass is 221 g/mol. The van der Waals surface area contributed by atoms with Crippen molar-refractivity contribution in [2.45, 2.75) is 52.0 Å². The van der Waals surface area contributed by atoms with Crippen LogP contribution in [0.1, 0.15) is 48.7 Å². The maximum atomic E-state index is 4.73. The number of aromatic nitrogens is 2. The Morgan fingerprint density at radius 3 is 2.62 bits per heavy atom. The molecule has 0 saturated heterocycles. The van der Waals surface area contributed by atoms with Crippen LogP contribution in [0.4, 0.5) is 0 Å². The summed E-state index contributed by atoms with van der Waals surface area (Å²) in [5.74, 6) is 0. The van der Waals surface area contributed by atoms with E-state index < -0.39 is 0 Å². The van der Waals surface area contributed by atoms with Gasteiger partial charge in [-0.1, -0.05) is 12.8 Å². The molecule has 1 aromatic heterocycles. The van der Waals surface area contributed by atoms with Crippen LogP contribution in [0.15, 0.2) is 0 Å². The summed E-state index contributed by atoms with van der Waals surface area (Å²) in [5, 5.41) is 7.95. The average Bonchev–Trinajstić information content (AvgIpc) is 2.86. The Balaban J connectivity index is 2.19. The van der Waals surface area contributed by atoms with Crippen molar-refractivity contribution >= 4 is 0 Å². The fourth-order valence-electron chi connectivity index (χ4n) is 2.81. The Labute approximate surface area is 98.2 Å². The lowest BCUT2D eigenvalue weighted by molar-refractivity contribution is 0.454. The van der Waals surface area contributed by atoms with E-state index in [2.05, 4.69) is 23.8 Å². The van der Waals surface area contributed by atoms with E-state index in [1.807, 2.05) is 7.05 Å². The third kappa shape index (κ3) is 2.14. The van der Waals surface area contributed by atoms with Gasteiger partial charge in [0, 0.05) is 5.69 Å². The molecule has 16 heavy (non-hydrogen) atoms. The van der Waals surface area contributed by atoms with Crippen LogP contribution in [0.3, 0.4) is 0 Å². The van der Waals surface area contributed by atoms with Crippen molar-refractivity contribution in [1.82, 2.24) is 15.1 Å². The van der Waals surface area contributed by atoms with E-state index in [4.69, 9.17) is 5.10 Å². The van der Waals surface area contributed by atoms with Gasteiger partial charge in [0.1, 0.15) is 0 Å². The molecule has 0 spiro atoms. The number of aryl methyl sites for hydroxylation is 1. The fourth-order valence-corrected chi connectivity index (χ4v) is 2.81. The topological polar surface area (TPSA) is 29.9 Å². The zero-order chi connectivity index (χ0) is 11.5. The molecule has 1 aliphatic rings. The molecule has 0 atom stereocenters. The zero-order valence-electron chi connectivity index (χ0n) is 10.7. The second-order valence-electron chi connectivity index (χ2n) is 4.89. The van der Waals surface area contributed by atoms with E-state index in [9.17, 15) is 0 Å². The highest BCUT2D eigenvalue weighted by Gasteiger charge is 2.21. The molecule has 0 bridgehead atoms. The highest BCUT2D eigenvalue weighted by atomic mass is 15.3. The SMILES string of the molecule is CNCCc1c(C)nn(C2CCCC2)c1C. The highest BCUT2D eigenvalue weighted by Crippen LogP contribution is 2.31. The van der Waals surface area contributed by atoms with Gasteiger partial charge in [0.15, 0.2) is 0 Å². The molecule has 0 aromatic carbocycles. The van der Waals surface area contributed by atoms with Crippen LogP contribution in [0.25, 0.3) is 0 Å². The van der Waals surface area contributed by atoms with Crippen molar-refractivity contribution in [3.8, 4) is 0 Å². The van der Waals surface area contributed by atoms with Gasteiger partial charge in [-0.25, -0.2) is 0 Å². The standard InChI is InChI=1S/C13H23N3/c1-10-13(8-9-14-3)11(2)16(15-10)12-6-4-5-7-12/h12,14H,4-9H2,1-3H3. The van der Waals surface area contributed by atoms with Gasteiger partial charge in [0.25, 0.3) is 0 Å². The molecule has 0 aliphatic heterocycles. The van der Waals surface area contributed by atoms with E-state index in [1.54, 1.807) is 0 Å². The number of likely N-dealkylation sites (N-methyl/N-ethyl adjacent to an activating group) is 1. The summed E-state index contributed by atoms with van der Waals surface area (Å²) in [6.45, 7) is 5.41. The minimum Gasteiger partial charge on any atom is -0.319 e. The van der Waals surface area contributed by atoms with Gasteiger partial charge in [-0.3, -0.25) is 4.68 Å². The molecule has 3 heteroatoms. The van der Waals surface area contributed by atoms with E-state index in [-0.39, 0.29) is 0 Å². The summed E-state index contributed by atoms with van der Waals surface area (Å²) in [5.41, 5.74) is 4.06. The molecule has 1 aromatic rings. The first-order valence-electron chi connectivity index (χ1n) is 6.43. The van der Waals surface area contributed by atoms with Gasteiger partial charge in [-0.2, -0.15) is 5.10 Å². The number of hydrogen-bond acceptors (Lipinski definition) is 2. The largest absolute Gasteiger partial charge is 0.319 e. The average molecular weight is 221 g/mol. The smallest absolute Gasteiger partial charge is 0.0629 e. The van der Waals surface area contributed by atoms with E-state index in [0.717, 1.165) is 13.0 Å². The maximum Gasteiger partial charge on any atom is 0.0629 e. The number of rotatable bonds is 4. The summed E-state index contributed by atoms with van der Waals surface area (Å²) in [7, 11) is 2.01. The minimum atomic E-state index is 0.669. The number of hydrogen-bond donors (Lipinski definition) is 1. The van der Waals surface area contributed by atoms with Crippen molar-refractivity contribution in [3.05, 3.63) is 17.0 Å². The Morgan fingerprint density at radius 2 is 2.00 bits per heavy atom. The van der Waals surface area contributed by atoms with Gasteiger partial charge < -0.3 is 5.32 Å². The second-order valence-corrected chi connectivity index (χ2v) is 4.89. The Kier molecular flexibility index (Phi) is 3.64. The lowest BCUT2D eigenvalue weighted by Gasteiger charge is -2.12. The Morgan fingerprint density at radius 1 is 1.31 bits per heavy atom. The summed E-state index contributed by atoms with van der Waals surface area (Å²) < 4.78 is 2.29. The lowest BCUT2D eigenvalue weighted by Crippen LogP contribution is -2.12. The molecule has 0 unspecified atom stereocenters. The summed E-state index contributed by atoms with van der Waals surface area (Å²) >= 11 is 0. The van der Waals surface area contributed by atoms with E-state index in [0.29, 0.717) is 6.04 Å².